The number of benzene rings is 2. The average molecular weight is 458 g/mol. The van der Waals surface area contributed by atoms with Gasteiger partial charge in [0, 0.05) is 13.1 Å². The summed E-state index contributed by atoms with van der Waals surface area (Å²) in [6.07, 6.45) is 0.632. The van der Waals surface area contributed by atoms with Crippen molar-refractivity contribution in [2.45, 2.75) is 26.1 Å². The average Bonchev–Trinajstić information content (AvgIpc) is 3.26. The maximum absolute atomic E-state index is 13.2. The Hall–Kier alpha value is -2.39. The number of carbonyl (C=O) groups excluding carboxylic acids is 2. The Labute approximate surface area is 190 Å². The lowest BCUT2D eigenvalue weighted by molar-refractivity contribution is -0.121. The maximum atomic E-state index is 13.2. The van der Waals surface area contributed by atoms with Crippen LogP contribution in [0.2, 0.25) is 5.02 Å². The van der Waals surface area contributed by atoms with Crippen molar-refractivity contribution in [1.82, 2.24) is 16.2 Å². The number of amidine groups is 1. The van der Waals surface area contributed by atoms with Crippen molar-refractivity contribution in [1.29, 1.82) is 0 Å². The van der Waals surface area contributed by atoms with Gasteiger partial charge in [-0.15, -0.1) is 0 Å². The SMILES string of the molecule is CCc1ccc(CNC(=O)CSC2=NC3NNCC3C(=O)N2c2ccccc2Cl)cc1. The minimum absolute atomic E-state index is 0.0930. The van der Waals surface area contributed by atoms with Crippen LogP contribution in [0.5, 0.6) is 0 Å². The molecule has 7 nitrogen and oxygen atoms in total. The van der Waals surface area contributed by atoms with Crippen LogP contribution in [0.1, 0.15) is 18.1 Å². The van der Waals surface area contributed by atoms with Gasteiger partial charge in [-0.05, 0) is 29.7 Å². The number of fused-ring (bicyclic) bond motifs is 1. The fraction of sp³-hybridized carbons (Fsp3) is 0.318. The summed E-state index contributed by atoms with van der Waals surface area (Å²) in [5.41, 5.74) is 8.88. The second-order valence-corrected chi connectivity index (χ2v) is 8.70. The van der Waals surface area contributed by atoms with Crippen LogP contribution in [-0.4, -0.2) is 35.4 Å². The highest BCUT2D eigenvalue weighted by molar-refractivity contribution is 8.14. The summed E-state index contributed by atoms with van der Waals surface area (Å²) < 4.78 is 0. The van der Waals surface area contributed by atoms with Gasteiger partial charge in [0.05, 0.1) is 22.4 Å². The van der Waals surface area contributed by atoms with E-state index in [4.69, 9.17) is 11.6 Å². The fourth-order valence-electron chi connectivity index (χ4n) is 3.50. The van der Waals surface area contributed by atoms with Crippen molar-refractivity contribution in [3.05, 3.63) is 64.7 Å². The molecule has 2 aromatic rings. The van der Waals surface area contributed by atoms with Gasteiger partial charge in [-0.3, -0.25) is 19.9 Å². The first-order chi connectivity index (χ1) is 15.1. The number of amides is 2. The molecule has 162 valence electrons. The minimum atomic E-state index is -0.353. The highest BCUT2D eigenvalue weighted by atomic mass is 35.5. The van der Waals surface area contributed by atoms with Crippen molar-refractivity contribution >= 4 is 46.0 Å². The molecule has 9 heteroatoms. The largest absolute Gasteiger partial charge is 0.351 e. The molecule has 0 saturated carbocycles. The Balaban J connectivity index is 1.43. The standard InChI is InChI=1S/C22H24ClN5O2S/c1-2-14-7-9-15(10-8-14)11-24-19(29)13-31-22-26-20-16(12-25-27-20)21(30)28(22)18-6-4-3-5-17(18)23/h3-10,16,20,25,27H,2,11-13H2,1H3,(H,24,29). The molecule has 0 radical (unpaired) electrons. The van der Waals surface area contributed by atoms with E-state index in [2.05, 4.69) is 40.2 Å². The second-order valence-electron chi connectivity index (χ2n) is 7.35. The van der Waals surface area contributed by atoms with E-state index in [1.165, 1.54) is 22.2 Å². The van der Waals surface area contributed by atoms with Gasteiger partial charge in [0.2, 0.25) is 11.8 Å². The fourth-order valence-corrected chi connectivity index (χ4v) is 4.59. The summed E-state index contributed by atoms with van der Waals surface area (Å²) in [7, 11) is 0. The normalized spacial score (nSPS) is 20.4. The molecule has 2 amide bonds. The molecule has 0 bridgehead atoms. The summed E-state index contributed by atoms with van der Waals surface area (Å²) in [4.78, 5) is 31.8. The van der Waals surface area contributed by atoms with Crippen LogP contribution in [-0.2, 0) is 22.6 Å². The summed E-state index contributed by atoms with van der Waals surface area (Å²) in [5, 5.41) is 3.84. The van der Waals surface area contributed by atoms with Crippen molar-refractivity contribution in [2.75, 3.05) is 17.2 Å². The summed E-state index contributed by atoms with van der Waals surface area (Å²) in [5.74, 6) is -0.395. The number of rotatable bonds is 6. The smallest absolute Gasteiger partial charge is 0.241 e. The topological polar surface area (TPSA) is 85.8 Å². The number of carbonyl (C=O) groups is 2. The molecule has 0 aromatic heterocycles. The van der Waals surface area contributed by atoms with E-state index in [0.29, 0.717) is 29.0 Å². The number of hydrogen-bond acceptors (Lipinski definition) is 6. The molecule has 2 aliphatic heterocycles. The zero-order chi connectivity index (χ0) is 21.8. The highest BCUT2D eigenvalue weighted by Crippen LogP contribution is 2.33. The molecule has 2 aliphatic rings. The van der Waals surface area contributed by atoms with E-state index in [9.17, 15) is 9.59 Å². The Morgan fingerprint density at radius 2 is 1.97 bits per heavy atom. The first-order valence-electron chi connectivity index (χ1n) is 10.2. The monoisotopic (exact) mass is 457 g/mol. The molecule has 31 heavy (non-hydrogen) atoms. The zero-order valence-corrected chi connectivity index (χ0v) is 18.7. The predicted octanol–water partition coefficient (Wildman–Crippen LogP) is 2.70. The van der Waals surface area contributed by atoms with E-state index in [1.54, 1.807) is 12.1 Å². The third kappa shape index (κ3) is 4.93. The van der Waals surface area contributed by atoms with Crippen molar-refractivity contribution in [3.8, 4) is 0 Å². The lowest BCUT2D eigenvalue weighted by Gasteiger charge is -2.32. The van der Waals surface area contributed by atoms with Crippen molar-refractivity contribution in [2.24, 2.45) is 10.9 Å². The van der Waals surface area contributed by atoms with Crippen LogP contribution < -0.4 is 21.1 Å². The Kier molecular flexibility index (Phi) is 6.92. The zero-order valence-electron chi connectivity index (χ0n) is 17.1. The molecule has 2 heterocycles. The molecule has 2 aromatic carbocycles. The molecule has 1 saturated heterocycles. The van der Waals surface area contributed by atoms with Gasteiger partial charge in [0.15, 0.2) is 5.17 Å². The number of aliphatic imine (C=N–C) groups is 1. The number of nitrogens with zero attached hydrogens (tertiary/aromatic N) is 2. The van der Waals surface area contributed by atoms with Crippen molar-refractivity contribution < 1.29 is 9.59 Å². The lowest BCUT2D eigenvalue weighted by atomic mass is 10.0. The lowest BCUT2D eigenvalue weighted by Crippen LogP contribution is -2.49. The van der Waals surface area contributed by atoms with Gasteiger partial charge in [0.1, 0.15) is 6.17 Å². The van der Waals surface area contributed by atoms with Gasteiger partial charge in [-0.1, -0.05) is 66.7 Å². The summed E-state index contributed by atoms with van der Waals surface area (Å²) in [6.45, 7) is 3.06. The van der Waals surface area contributed by atoms with E-state index in [-0.39, 0.29) is 29.7 Å². The molecule has 2 atom stereocenters. The van der Waals surface area contributed by atoms with Gasteiger partial charge in [0.25, 0.3) is 0 Å². The second kappa shape index (κ2) is 9.82. The number of para-hydroxylation sites is 1. The molecule has 1 fully saturated rings. The number of anilines is 1. The van der Waals surface area contributed by atoms with Crippen molar-refractivity contribution in [3.63, 3.8) is 0 Å². The third-order valence-electron chi connectivity index (χ3n) is 5.28. The van der Waals surface area contributed by atoms with Crippen LogP contribution in [0.15, 0.2) is 53.5 Å². The van der Waals surface area contributed by atoms with E-state index in [0.717, 1.165) is 12.0 Å². The number of halogens is 1. The van der Waals surface area contributed by atoms with Gasteiger partial charge in [-0.2, -0.15) is 0 Å². The van der Waals surface area contributed by atoms with E-state index >= 15 is 0 Å². The quantitative estimate of drug-likeness (QED) is 0.621. The van der Waals surface area contributed by atoms with Gasteiger partial charge < -0.3 is 5.32 Å². The Morgan fingerprint density at radius 1 is 1.23 bits per heavy atom. The molecular formula is C22H24ClN5O2S. The maximum Gasteiger partial charge on any atom is 0.241 e. The Bertz CT molecular complexity index is 998. The number of nitrogens with one attached hydrogen (secondary N) is 3. The number of thioether (sulfide) groups is 1. The molecule has 4 rings (SSSR count). The predicted molar refractivity (Wildman–Crippen MR) is 125 cm³/mol. The van der Waals surface area contributed by atoms with Crippen LogP contribution in [0.4, 0.5) is 5.69 Å². The number of aryl methyl sites for hydroxylation is 1. The summed E-state index contributed by atoms with van der Waals surface area (Å²) >= 11 is 7.59. The minimum Gasteiger partial charge on any atom is -0.351 e. The molecule has 2 unspecified atom stereocenters. The first kappa shape index (κ1) is 21.8. The van der Waals surface area contributed by atoms with E-state index in [1.807, 2.05) is 24.3 Å². The number of hydrogen-bond donors (Lipinski definition) is 3. The number of hydrazine groups is 1. The summed E-state index contributed by atoms with van der Waals surface area (Å²) in [6, 6.07) is 15.3. The van der Waals surface area contributed by atoms with E-state index < -0.39 is 0 Å². The van der Waals surface area contributed by atoms with Gasteiger partial charge >= 0.3 is 0 Å². The van der Waals surface area contributed by atoms with Crippen LogP contribution >= 0.6 is 23.4 Å². The Morgan fingerprint density at radius 3 is 2.71 bits per heavy atom. The van der Waals surface area contributed by atoms with Crippen LogP contribution in [0.25, 0.3) is 0 Å². The molecule has 0 aliphatic carbocycles. The molecular weight excluding hydrogens is 434 g/mol. The van der Waals surface area contributed by atoms with Crippen LogP contribution in [0.3, 0.4) is 0 Å². The molecule has 0 spiro atoms. The van der Waals surface area contributed by atoms with Gasteiger partial charge in [-0.25, -0.2) is 10.4 Å². The highest BCUT2D eigenvalue weighted by Gasteiger charge is 2.42. The molecule has 3 N–H and O–H groups in total. The van der Waals surface area contributed by atoms with Crippen LogP contribution in [0, 0.1) is 5.92 Å². The first-order valence-corrected chi connectivity index (χ1v) is 11.5. The third-order valence-corrected chi connectivity index (χ3v) is 6.55.